The monoisotopic (exact) mass is 444 g/mol. The molecule has 2 aromatic rings. The van der Waals surface area contributed by atoms with Crippen LogP contribution in [0.2, 0.25) is 0 Å². The maximum absolute atomic E-state index is 12.8. The fourth-order valence-corrected chi connectivity index (χ4v) is 3.94. The second-order valence-electron chi connectivity index (χ2n) is 6.93. The second-order valence-corrected chi connectivity index (χ2v) is 7.85. The molecule has 0 bridgehead atoms. The van der Waals surface area contributed by atoms with Gasteiger partial charge >= 0.3 is 6.03 Å². The first-order chi connectivity index (χ1) is 13.5. The molecule has 0 spiro atoms. The second kappa shape index (κ2) is 9.59. The van der Waals surface area contributed by atoms with Gasteiger partial charge in [0, 0.05) is 17.6 Å². The van der Waals surface area contributed by atoms with E-state index >= 15 is 0 Å². The Balaban J connectivity index is 1.73. The van der Waals surface area contributed by atoms with Gasteiger partial charge in [0.25, 0.3) is 0 Å². The number of nitrogens with one attached hydrogen (secondary N) is 2. The highest BCUT2D eigenvalue weighted by Gasteiger charge is 2.20. The number of rotatable bonds is 6. The summed E-state index contributed by atoms with van der Waals surface area (Å²) in [6, 6.07) is 14.2. The summed E-state index contributed by atoms with van der Waals surface area (Å²) in [4.78, 5) is 26.5. The number of carbonyl (C=O) groups excluding carboxylic acids is 2. The zero-order valence-corrected chi connectivity index (χ0v) is 17.2. The van der Waals surface area contributed by atoms with Crippen LogP contribution in [0.3, 0.4) is 0 Å². The van der Waals surface area contributed by atoms with Gasteiger partial charge in [-0.05, 0) is 49.1 Å². The quantitative estimate of drug-likeness (QED) is 0.624. The minimum absolute atomic E-state index is 0.0910. The molecular weight excluding hydrogens is 420 g/mol. The predicted molar refractivity (Wildman–Crippen MR) is 115 cm³/mol. The van der Waals surface area contributed by atoms with E-state index < -0.39 is 12.1 Å². The van der Waals surface area contributed by atoms with Gasteiger partial charge in [0.2, 0.25) is 5.91 Å². The van der Waals surface area contributed by atoms with Crippen molar-refractivity contribution < 1.29 is 9.59 Å². The summed E-state index contributed by atoms with van der Waals surface area (Å²) in [5.74, 6) is -0.178. The summed E-state index contributed by atoms with van der Waals surface area (Å²) in [7, 11) is 0. The Morgan fingerprint density at radius 1 is 1.07 bits per heavy atom. The van der Waals surface area contributed by atoms with Crippen LogP contribution >= 0.6 is 15.9 Å². The summed E-state index contributed by atoms with van der Waals surface area (Å²) in [6.07, 6.45) is 3.66. The summed E-state index contributed by atoms with van der Waals surface area (Å²) in [6.45, 7) is 1.99. The van der Waals surface area contributed by atoms with Crippen LogP contribution < -0.4 is 21.3 Å². The molecule has 3 amide bonds. The fraction of sp³-hybridized carbons (Fsp3) is 0.333. The number of nitrogens with zero attached hydrogens (tertiary/aromatic N) is 1. The summed E-state index contributed by atoms with van der Waals surface area (Å²) < 4.78 is 0.872. The molecule has 2 aromatic carbocycles. The fourth-order valence-electron chi connectivity index (χ4n) is 3.52. The Hall–Kier alpha value is -2.54. The van der Waals surface area contributed by atoms with Gasteiger partial charge < -0.3 is 21.3 Å². The van der Waals surface area contributed by atoms with Crippen molar-refractivity contribution in [2.45, 2.75) is 31.7 Å². The van der Waals surface area contributed by atoms with Crippen LogP contribution in [0.15, 0.2) is 53.0 Å². The van der Waals surface area contributed by atoms with Crippen molar-refractivity contribution in [3.8, 4) is 0 Å². The number of urea groups is 1. The highest BCUT2D eigenvalue weighted by molar-refractivity contribution is 9.10. The van der Waals surface area contributed by atoms with E-state index in [0.717, 1.165) is 47.3 Å². The molecule has 4 N–H and O–H groups in total. The van der Waals surface area contributed by atoms with Crippen LogP contribution in [0.4, 0.5) is 16.2 Å². The highest BCUT2D eigenvalue weighted by Crippen LogP contribution is 2.29. The van der Waals surface area contributed by atoms with E-state index in [1.807, 2.05) is 48.5 Å². The van der Waals surface area contributed by atoms with Gasteiger partial charge in [0.1, 0.15) is 0 Å². The van der Waals surface area contributed by atoms with E-state index in [2.05, 4.69) is 31.5 Å². The number of carbonyl (C=O) groups is 2. The number of hydrogen-bond donors (Lipinski definition) is 3. The first kappa shape index (κ1) is 20.2. The van der Waals surface area contributed by atoms with Gasteiger partial charge in [-0.1, -0.05) is 40.2 Å². The maximum Gasteiger partial charge on any atom is 0.312 e. The van der Waals surface area contributed by atoms with Crippen molar-refractivity contribution in [2.24, 2.45) is 5.73 Å². The topological polar surface area (TPSA) is 87.5 Å². The minimum Gasteiger partial charge on any atom is -0.370 e. The molecule has 148 valence electrons. The lowest BCUT2D eigenvalue weighted by Gasteiger charge is -2.30. The summed E-state index contributed by atoms with van der Waals surface area (Å²) >= 11 is 3.42. The zero-order chi connectivity index (χ0) is 19.9. The third-order valence-corrected chi connectivity index (χ3v) is 5.33. The van der Waals surface area contributed by atoms with Crippen molar-refractivity contribution in [3.63, 3.8) is 0 Å². The average molecular weight is 445 g/mol. The minimum atomic E-state index is -0.661. The summed E-state index contributed by atoms with van der Waals surface area (Å²) in [5.41, 5.74) is 7.96. The maximum atomic E-state index is 12.8. The number of halogens is 1. The largest absolute Gasteiger partial charge is 0.370 e. The number of benzene rings is 2. The van der Waals surface area contributed by atoms with Crippen molar-refractivity contribution in [1.82, 2.24) is 5.32 Å². The molecule has 0 aromatic heterocycles. The first-order valence-corrected chi connectivity index (χ1v) is 10.3. The number of hydrogen-bond acceptors (Lipinski definition) is 3. The number of primary amides is 1. The van der Waals surface area contributed by atoms with Gasteiger partial charge in [0.05, 0.1) is 23.8 Å². The van der Waals surface area contributed by atoms with Crippen LogP contribution in [0.25, 0.3) is 0 Å². The molecule has 1 aliphatic heterocycles. The van der Waals surface area contributed by atoms with Crippen molar-refractivity contribution >= 4 is 39.2 Å². The van der Waals surface area contributed by atoms with Gasteiger partial charge in [0.15, 0.2) is 0 Å². The molecule has 0 radical (unpaired) electrons. The molecule has 0 aliphatic carbocycles. The van der Waals surface area contributed by atoms with Gasteiger partial charge in [-0.15, -0.1) is 0 Å². The molecule has 28 heavy (non-hydrogen) atoms. The Bertz CT molecular complexity index is 837. The van der Waals surface area contributed by atoms with E-state index in [0.29, 0.717) is 0 Å². The third kappa shape index (κ3) is 5.48. The van der Waals surface area contributed by atoms with Crippen molar-refractivity contribution in [3.05, 3.63) is 58.6 Å². The Labute approximate surface area is 173 Å². The SMILES string of the molecule is NC(=O)N[C@H](CC(=O)Nc1ccccc1N1CCCCC1)c1cccc(Br)c1. The number of nitrogens with two attached hydrogens (primary N) is 1. The van der Waals surface area contributed by atoms with E-state index in [9.17, 15) is 9.59 Å². The smallest absolute Gasteiger partial charge is 0.312 e. The highest BCUT2D eigenvalue weighted by atomic mass is 79.9. The Kier molecular flexibility index (Phi) is 6.92. The third-order valence-electron chi connectivity index (χ3n) is 4.83. The van der Waals surface area contributed by atoms with Crippen LogP contribution in [-0.2, 0) is 4.79 Å². The molecule has 0 unspecified atom stereocenters. The van der Waals surface area contributed by atoms with E-state index in [1.54, 1.807) is 0 Å². The zero-order valence-electron chi connectivity index (χ0n) is 15.7. The normalized spacial score (nSPS) is 15.0. The van der Waals surface area contributed by atoms with Crippen LogP contribution in [0.1, 0.15) is 37.3 Å². The molecule has 3 rings (SSSR count). The van der Waals surface area contributed by atoms with Gasteiger partial charge in [-0.25, -0.2) is 4.79 Å². The molecule has 0 saturated carbocycles. The standard InChI is InChI=1S/C21H25BrN4O2/c22-16-8-6-7-15(13-16)18(25-21(23)28)14-20(27)24-17-9-2-3-10-19(17)26-11-4-1-5-12-26/h2-3,6-10,13,18H,1,4-5,11-12,14H2,(H,24,27)(H3,23,25,28)/t18-/m1/s1. The van der Waals surface area contributed by atoms with Gasteiger partial charge in [-0.2, -0.15) is 0 Å². The Morgan fingerprint density at radius 2 is 1.82 bits per heavy atom. The molecule has 1 heterocycles. The van der Waals surface area contributed by atoms with Crippen LogP contribution in [-0.4, -0.2) is 25.0 Å². The molecule has 1 saturated heterocycles. The van der Waals surface area contributed by atoms with Crippen LogP contribution in [0, 0.1) is 0 Å². The number of anilines is 2. The lowest BCUT2D eigenvalue weighted by atomic mass is 10.0. The molecule has 7 heteroatoms. The number of piperidine rings is 1. The summed E-state index contributed by atoms with van der Waals surface area (Å²) in [5, 5.41) is 5.68. The molecular formula is C21H25BrN4O2. The van der Waals surface area contributed by atoms with E-state index in [4.69, 9.17) is 5.73 Å². The van der Waals surface area contributed by atoms with Crippen molar-refractivity contribution in [1.29, 1.82) is 0 Å². The lowest BCUT2D eigenvalue weighted by molar-refractivity contribution is -0.116. The van der Waals surface area contributed by atoms with Crippen LogP contribution in [0.5, 0.6) is 0 Å². The average Bonchev–Trinajstić information content (AvgIpc) is 2.68. The number of para-hydroxylation sites is 2. The van der Waals surface area contributed by atoms with E-state index in [-0.39, 0.29) is 12.3 Å². The molecule has 6 nitrogen and oxygen atoms in total. The van der Waals surface area contributed by atoms with Crippen molar-refractivity contribution in [2.75, 3.05) is 23.3 Å². The first-order valence-electron chi connectivity index (χ1n) is 9.48. The van der Waals surface area contributed by atoms with E-state index in [1.165, 1.54) is 6.42 Å². The number of amides is 3. The molecule has 1 fully saturated rings. The van der Waals surface area contributed by atoms with Gasteiger partial charge in [-0.3, -0.25) is 4.79 Å². The predicted octanol–water partition coefficient (Wildman–Crippen LogP) is 4.18. The molecule has 1 atom stereocenters. The molecule has 1 aliphatic rings. The Morgan fingerprint density at radius 3 is 2.54 bits per heavy atom. The lowest BCUT2D eigenvalue weighted by Crippen LogP contribution is -2.35.